The quantitative estimate of drug-likeness (QED) is 0.593. The number of carbonyl (C=O) groups excluding carboxylic acids is 2. The average molecular weight is 453 g/mol. The van der Waals surface area contributed by atoms with E-state index in [-0.39, 0.29) is 25.0 Å². The van der Waals surface area contributed by atoms with Gasteiger partial charge in [0.25, 0.3) is 0 Å². The largest absolute Gasteiger partial charge is 0.480 e. The molecule has 0 aliphatic heterocycles. The molecule has 2 aromatic rings. The highest BCUT2D eigenvalue weighted by Gasteiger charge is 2.35. The van der Waals surface area contributed by atoms with Crippen molar-refractivity contribution in [2.75, 3.05) is 13.2 Å². The zero-order valence-electron chi connectivity index (χ0n) is 19.6. The Kier molecular flexibility index (Phi) is 7.74. The lowest BCUT2D eigenvalue weighted by Gasteiger charge is -2.32. The minimum Gasteiger partial charge on any atom is -0.480 e. The van der Waals surface area contributed by atoms with Crippen molar-refractivity contribution in [1.82, 2.24) is 10.2 Å². The number of hydrogen-bond donors (Lipinski definition) is 2. The van der Waals surface area contributed by atoms with Crippen LogP contribution >= 0.6 is 0 Å². The van der Waals surface area contributed by atoms with Crippen LogP contribution in [0.3, 0.4) is 0 Å². The van der Waals surface area contributed by atoms with Crippen LogP contribution in [-0.2, 0) is 14.3 Å². The van der Waals surface area contributed by atoms with Crippen LogP contribution in [0.1, 0.15) is 51.2 Å². The normalized spacial score (nSPS) is 15.0. The van der Waals surface area contributed by atoms with E-state index >= 15 is 0 Å². The van der Waals surface area contributed by atoms with Crippen molar-refractivity contribution in [1.29, 1.82) is 0 Å². The molecule has 0 fully saturated rings. The minimum absolute atomic E-state index is 0.0833. The Bertz CT molecular complexity index is 976. The second-order valence-corrected chi connectivity index (χ2v) is 8.47. The van der Waals surface area contributed by atoms with Gasteiger partial charge in [0.15, 0.2) is 0 Å². The van der Waals surface area contributed by atoms with E-state index in [0.717, 1.165) is 22.3 Å². The molecule has 3 atom stereocenters. The fraction of sp³-hybridized carbons (Fsp3) is 0.423. The molecule has 2 N–H and O–H groups in total. The molecule has 1 aliphatic carbocycles. The maximum absolute atomic E-state index is 13.1. The summed E-state index contributed by atoms with van der Waals surface area (Å²) in [6.07, 6.45) is -0.0476. The molecule has 0 saturated heterocycles. The van der Waals surface area contributed by atoms with E-state index in [0.29, 0.717) is 6.42 Å². The molecule has 0 heterocycles. The second kappa shape index (κ2) is 10.5. The average Bonchev–Trinajstić information content (AvgIpc) is 3.14. The molecule has 0 radical (unpaired) electrons. The predicted molar refractivity (Wildman–Crippen MR) is 126 cm³/mol. The molecule has 2 amide bonds. The van der Waals surface area contributed by atoms with Crippen LogP contribution in [0.25, 0.3) is 11.1 Å². The highest BCUT2D eigenvalue weighted by Crippen LogP contribution is 2.44. The summed E-state index contributed by atoms with van der Waals surface area (Å²) >= 11 is 0. The van der Waals surface area contributed by atoms with E-state index in [9.17, 15) is 19.5 Å². The van der Waals surface area contributed by atoms with Gasteiger partial charge in [-0.2, -0.15) is 0 Å². The number of rotatable bonds is 9. The summed E-state index contributed by atoms with van der Waals surface area (Å²) in [5.41, 5.74) is 4.48. The molecule has 7 heteroatoms. The van der Waals surface area contributed by atoms with Crippen LogP contribution < -0.4 is 5.32 Å². The Morgan fingerprint density at radius 3 is 2.03 bits per heavy atom. The number of nitrogens with one attached hydrogen (secondary N) is 1. The monoisotopic (exact) mass is 452 g/mol. The fourth-order valence-corrected chi connectivity index (χ4v) is 4.38. The number of fused-ring (bicyclic) bond motifs is 3. The fourth-order valence-electron chi connectivity index (χ4n) is 4.38. The summed E-state index contributed by atoms with van der Waals surface area (Å²) in [5.74, 6) is -1.78. The first-order chi connectivity index (χ1) is 15.8. The van der Waals surface area contributed by atoms with Gasteiger partial charge in [0, 0.05) is 12.5 Å². The third-order valence-electron chi connectivity index (χ3n) is 6.54. The van der Waals surface area contributed by atoms with Gasteiger partial charge in [-0.1, -0.05) is 68.8 Å². The van der Waals surface area contributed by atoms with Crippen molar-refractivity contribution in [2.45, 2.75) is 52.1 Å². The molecule has 1 aliphatic rings. The molecule has 0 saturated carbocycles. The number of aliphatic carboxylic acids is 1. The second-order valence-electron chi connectivity index (χ2n) is 8.47. The minimum atomic E-state index is -1.09. The SMILES string of the molecule is CCC(C)C(NC(=O)OCC1c2ccccc2-c2ccccc21)C(=O)N(CC)C(C)C(=O)O. The molecule has 176 valence electrons. The molecule has 3 rings (SSSR count). The van der Waals surface area contributed by atoms with Gasteiger partial charge in [0.05, 0.1) is 0 Å². The van der Waals surface area contributed by atoms with Crippen molar-refractivity contribution < 1.29 is 24.2 Å². The number of alkyl carbamates (subject to hydrolysis) is 1. The van der Waals surface area contributed by atoms with E-state index in [1.54, 1.807) is 6.92 Å². The summed E-state index contributed by atoms with van der Waals surface area (Å²) in [5, 5.41) is 12.1. The number of hydrogen-bond acceptors (Lipinski definition) is 4. The van der Waals surface area contributed by atoms with Gasteiger partial charge in [0.1, 0.15) is 18.7 Å². The third-order valence-corrected chi connectivity index (χ3v) is 6.54. The number of carbonyl (C=O) groups is 3. The Morgan fingerprint density at radius 2 is 1.55 bits per heavy atom. The molecule has 2 aromatic carbocycles. The van der Waals surface area contributed by atoms with Crippen molar-refractivity contribution in [3.8, 4) is 11.1 Å². The topological polar surface area (TPSA) is 95.9 Å². The maximum atomic E-state index is 13.1. The van der Waals surface area contributed by atoms with Gasteiger partial charge in [-0.15, -0.1) is 0 Å². The molecule has 0 spiro atoms. The summed E-state index contributed by atoms with van der Waals surface area (Å²) < 4.78 is 5.60. The van der Waals surface area contributed by atoms with Crippen molar-refractivity contribution in [2.24, 2.45) is 5.92 Å². The number of amides is 2. The van der Waals surface area contributed by atoms with E-state index in [2.05, 4.69) is 17.4 Å². The first-order valence-corrected chi connectivity index (χ1v) is 11.4. The maximum Gasteiger partial charge on any atom is 0.407 e. The van der Waals surface area contributed by atoms with Gasteiger partial charge >= 0.3 is 12.1 Å². The number of likely N-dealkylation sites (N-methyl/N-ethyl adjacent to an activating group) is 1. The number of ether oxygens (including phenoxy) is 1. The van der Waals surface area contributed by atoms with Gasteiger partial charge in [0.2, 0.25) is 5.91 Å². The van der Waals surface area contributed by atoms with Gasteiger partial charge in [-0.3, -0.25) is 4.79 Å². The lowest BCUT2D eigenvalue weighted by molar-refractivity contribution is -0.150. The predicted octanol–water partition coefficient (Wildman–Crippen LogP) is 4.26. The standard InChI is InChI=1S/C26H32N2O5/c1-5-16(3)23(24(29)28(6-2)17(4)25(30)31)27-26(32)33-15-22-20-13-9-7-11-18(20)19-12-8-10-14-21(19)22/h7-14,16-17,22-23H,5-6,15H2,1-4H3,(H,27,32)(H,30,31). The first kappa shape index (κ1) is 24.3. The highest BCUT2D eigenvalue weighted by atomic mass is 16.5. The van der Waals surface area contributed by atoms with Crippen molar-refractivity contribution in [3.63, 3.8) is 0 Å². The van der Waals surface area contributed by atoms with Crippen LogP contribution in [0.2, 0.25) is 0 Å². The number of benzene rings is 2. The Labute approximate surface area is 194 Å². The van der Waals surface area contributed by atoms with Crippen molar-refractivity contribution >= 4 is 18.0 Å². The lowest BCUT2D eigenvalue weighted by Crippen LogP contribution is -2.55. The van der Waals surface area contributed by atoms with Crippen LogP contribution in [0.15, 0.2) is 48.5 Å². The summed E-state index contributed by atoms with van der Waals surface area (Å²) in [4.78, 5) is 38.6. The summed E-state index contributed by atoms with van der Waals surface area (Å²) in [6, 6.07) is 14.3. The van der Waals surface area contributed by atoms with Crippen LogP contribution in [-0.4, -0.2) is 53.2 Å². The lowest BCUT2D eigenvalue weighted by atomic mass is 9.97. The molecule has 0 bridgehead atoms. The first-order valence-electron chi connectivity index (χ1n) is 11.4. The van der Waals surface area contributed by atoms with Crippen LogP contribution in [0.5, 0.6) is 0 Å². The zero-order chi connectivity index (χ0) is 24.1. The number of carboxylic acid groups (broad SMARTS) is 1. The van der Waals surface area contributed by atoms with Crippen LogP contribution in [0.4, 0.5) is 4.79 Å². The number of carboxylic acids is 1. The smallest absolute Gasteiger partial charge is 0.407 e. The Hall–Kier alpha value is -3.35. The number of nitrogens with zero attached hydrogens (tertiary/aromatic N) is 1. The van der Waals surface area contributed by atoms with E-state index in [1.165, 1.54) is 11.8 Å². The van der Waals surface area contributed by atoms with E-state index < -0.39 is 30.1 Å². The van der Waals surface area contributed by atoms with E-state index in [1.807, 2.05) is 50.2 Å². The van der Waals surface area contributed by atoms with Gasteiger partial charge in [-0.05, 0) is 42.0 Å². The summed E-state index contributed by atoms with van der Waals surface area (Å²) in [6.45, 7) is 7.33. The Morgan fingerprint density at radius 1 is 1.00 bits per heavy atom. The molecule has 7 nitrogen and oxygen atoms in total. The molecule has 33 heavy (non-hydrogen) atoms. The zero-order valence-corrected chi connectivity index (χ0v) is 19.6. The van der Waals surface area contributed by atoms with Crippen molar-refractivity contribution in [3.05, 3.63) is 59.7 Å². The molecule has 0 aromatic heterocycles. The highest BCUT2D eigenvalue weighted by molar-refractivity contribution is 5.89. The molecular weight excluding hydrogens is 420 g/mol. The third kappa shape index (κ3) is 5.02. The van der Waals surface area contributed by atoms with Crippen LogP contribution in [0, 0.1) is 5.92 Å². The molecule has 3 unspecified atom stereocenters. The van der Waals surface area contributed by atoms with Gasteiger partial charge < -0.3 is 20.1 Å². The Balaban J connectivity index is 1.73. The van der Waals surface area contributed by atoms with E-state index in [4.69, 9.17) is 4.74 Å². The van der Waals surface area contributed by atoms with Gasteiger partial charge in [-0.25, -0.2) is 9.59 Å². The molecular formula is C26H32N2O5. The summed E-state index contributed by atoms with van der Waals surface area (Å²) in [7, 11) is 0.